The van der Waals surface area contributed by atoms with E-state index in [4.69, 9.17) is 9.47 Å². The number of pyridine rings is 1. The van der Waals surface area contributed by atoms with Gasteiger partial charge in [-0.05, 0) is 12.1 Å². The zero-order valence-corrected chi connectivity index (χ0v) is 15.1. The minimum absolute atomic E-state index is 0.0619. The third-order valence-corrected chi connectivity index (χ3v) is 4.84. The molecule has 0 fully saturated rings. The van der Waals surface area contributed by atoms with Crippen LogP contribution in [-0.2, 0) is 16.9 Å². The van der Waals surface area contributed by atoms with Crippen LogP contribution in [0.2, 0.25) is 0 Å². The van der Waals surface area contributed by atoms with E-state index in [0.29, 0.717) is 21.5 Å². The highest BCUT2D eigenvalue weighted by Gasteiger charge is 2.28. The maximum atomic E-state index is 12.7. The molecule has 0 spiro atoms. The molecule has 1 atom stereocenters. The molecule has 0 bridgehead atoms. The zero-order valence-electron chi connectivity index (χ0n) is 14.3. The van der Waals surface area contributed by atoms with Crippen LogP contribution in [0.15, 0.2) is 35.6 Å². The van der Waals surface area contributed by atoms with Crippen molar-refractivity contribution in [2.24, 2.45) is 0 Å². The van der Waals surface area contributed by atoms with Gasteiger partial charge in [-0.15, -0.1) is 0 Å². The summed E-state index contributed by atoms with van der Waals surface area (Å²) in [6.45, 7) is -2.96. The molecule has 1 N–H and O–H groups in total. The number of rotatable bonds is 7. The van der Waals surface area contributed by atoms with Gasteiger partial charge in [0.1, 0.15) is 5.75 Å². The molecule has 1 aromatic carbocycles. The van der Waals surface area contributed by atoms with E-state index in [-0.39, 0.29) is 28.1 Å². The van der Waals surface area contributed by atoms with Gasteiger partial charge >= 0.3 is 11.8 Å². The Morgan fingerprint density at radius 2 is 2.04 bits per heavy atom. The third kappa shape index (κ3) is 3.98. The predicted molar refractivity (Wildman–Crippen MR) is 91.3 cm³/mol. The number of hydrogen-bond donors (Lipinski definition) is 1. The maximum Gasteiger partial charge on any atom is 0.387 e. The van der Waals surface area contributed by atoms with Crippen LogP contribution < -0.4 is 18.9 Å². The van der Waals surface area contributed by atoms with E-state index in [1.165, 1.54) is 44.7 Å². The van der Waals surface area contributed by atoms with Crippen molar-refractivity contribution in [3.05, 3.63) is 41.4 Å². The van der Waals surface area contributed by atoms with Gasteiger partial charge in [-0.2, -0.15) is 18.5 Å². The minimum atomic E-state index is -2.96. The Morgan fingerprint density at radius 1 is 1.26 bits per heavy atom. The van der Waals surface area contributed by atoms with E-state index < -0.39 is 17.8 Å². The highest BCUT2D eigenvalue weighted by molar-refractivity contribution is 7.90. The van der Waals surface area contributed by atoms with Crippen molar-refractivity contribution < 1.29 is 32.3 Å². The monoisotopic (exact) mass is 399 g/mol. The standard InChI is InChI=1S/C16H15F2N3O5S/c1-24-13-5-6-21(22)12(14(13)25-2)8-27(23)16-19-10-4-3-9(26-15(17)18)7-11(10)20-16/h3-7,15H,8H2,1-2H3,(H,19,20). The number of aromatic amines is 1. The number of halogens is 2. The van der Waals surface area contributed by atoms with Crippen LogP contribution >= 0.6 is 0 Å². The first-order chi connectivity index (χ1) is 12.9. The van der Waals surface area contributed by atoms with Crippen molar-refractivity contribution in [1.29, 1.82) is 0 Å². The van der Waals surface area contributed by atoms with Gasteiger partial charge in [0.15, 0.2) is 11.9 Å². The molecule has 2 aromatic heterocycles. The Kier molecular flexibility index (Phi) is 5.51. The Labute approximate surface area is 155 Å². The molecule has 3 aromatic rings. The lowest BCUT2D eigenvalue weighted by Crippen LogP contribution is -2.33. The van der Waals surface area contributed by atoms with Gasteiger partial charge in [0, 0.05) is 23.3 Å². The largest absolute Gasteiger partial charge is 0.618 e. The summed E-state index contributed by atoms with van der Waals surface area (Å²) in [7, 11) is 2.79. The van der Waals surface area contributed by atoms with E-state index in [1.807, 2.05) is 0 Å². The van der Waals surface area contributed by atoms with Crippen LogP contribution in [0.4, 0.5) is 8.78 Å². The second-order valence-electron chi connectivity index (χ2n) is 5.28. The fourth-order valence-electron chi connectivity index (χ4n) is 2.49. The predicted octanol–water partition coefficient (Wildman–Crippen LogP) is 2.12. The number of hydrogen-bond acceptors (Lipinski definition) is 6. The molecule has 0 saturated heterocycles. The molecule has 8 nitrogen and oxygen atoms in total. The Balaban J connectivity index is 1.89. The van der Waals surface area contributed by atoms with Gasteiger partial charge in [0.25, 0.3) is 5.69 Å². The lowest BCUT2D eigenvalue weighted by atomic mass is 10.3. The van der Waals surface area contributed by atoms with E-state index in [2.05, 4.69) is 14.7 Å². The molecule has 0 aliphatic carbocycles. The normalized spacial score (nSPS) is 12.4. The average Bonchev–Trinajstić information content (AvgIpc) is 3.06. The molecule has 0 saturated carbocycles. The highest BCUT2D eigenvalue weighted by atomic mass is 32.2. The van der Waals surface area contributed by atoms with Crippen LogP contribution in [-0.4, -0.2) is 35.4 Å². The summed E-state index contributed by atoms with van der Waals surface area (Å²) in [5.74, 6) is 0.250. The number of imidazole rings is 1. The zero-order chi connectivity index (χ0) is 19.6. The summed E-state index contributed by atoms with van der Waals surface area (Å²) in [5, 5.41) is 12.2. The summed E-state index contributed by atoms with van der Waals surface area (Å²) in [6, 6.07) is 5.57. The van der Waals surface area contributed by atoms with Gasteiger partial charge < -0.3 is 24.0 Å². The molecule has 27 heavy (non-hydrogen) atoms. The topological polar surface area (TPSA) is 106 Å². The summed E-state index contributed by atoms with van der Waals surface area (Å²) in [4.78, 5) is 6.98. The number of benzene rings is 1. The van der Waals surface area contributed by atoms with Crippen LogP contribution in [0, 0.1) is 5.21 Å². The summed E-state index contributed by atoms with van der Waals surface area (Å²) in [6.07, 6.45) is 1.22. The Hall–Kier alpha value is -2.79. The van der Waals surface area contributed by atoms with Gasteiger partial charge in [-0.25, -0.2) is 0 Å². The number of nitrogens with one attached hydrogen (secondary N) is 1. The summed E-state index contributed by atoms with van der Waals surface area (Å²) < 4.78 is 52.5. The summed E-state index contributed by atoms with van der Waals surface area (Å²) >= 11 is -1.73. The fraction of sp³-hybridized carbons (Fsp3) is 0.250. The van der Waals surface area contributed by atoms with E-state index in [1.54, 1.807) is 0 Å². The smallest absolute Gasteiger partial charge is 0.387 e. The molecule has 0 radical (unpaired) electrons. The molecule has 0 aliphatic heterocycles. The fourth-order valence-corrected chi connectivity index (χ4v) is 3.56. The van der Waals surface area contributed by atoms with Crippen molar-refractivity contribution in [3.8, 4) is 17.2 Å². The molecule has 1 unspecified atom stereocenters. The quantitative estimate of drug-likeness (QED) is 0.371. The van der Waals surface area contributed by atoms with Crippen molar-refractivity contribution in [2.75, 3.05) is 14.2 Å². The van der Waals surface area contributed by atoms with E-state index in [0.717, 1.165) is 0 Å². The van der Waals surface area contributed by atoms with E-state index in [9.17, 15) is 18.5 Å². The molecule has 2 heterocycles. The third-order valence-electron chi connectivity index (χ3n) is 3.68. The molecular formula is C16H15F2N3O5S. The lowest BCUT2D eigenvalue weighted by Gasteiger charge is -2.13. The first kappa shape index (κ1) is 19.0. The molecular weight excluding hydrogens is 384 g/mol. The number of nitrogens with zero attached hydrogens (tertiary/aromatic N) is 2. The number of H-pyrrole nitrogens is 1. The van der Waals surface area contributed by atoms with Crippen molar-refractivity contribution in [1.82, 2.24) is 9.97 Å². The van der Waals surface area contributed by atoms with Crippen LogP contribution in [0.5, 0.6) is 17.2 Å². The van der Waals surface area contributed by atoms with Gasteiger partial charge in [-0.1, -0.05) is 0 Å². The second-order valence-corrected chi connectivity index (χ2v) is 6.65. The molecule has 144 valence electrons. The average molecular weight is 399 g/mol. The molecule has 0 aliphatic rings. The van der Waals surface area contributed by atoms with Crippen LogP contribution in [0.25, 0.3) is 11.0 Å². The lowest BCUT2D eigenvalue weighted by molar-refractivity contribution is -0.613. The molecule has 0 amide bonds. The second kappa shape index (κ2) is 7.84. The Morgan fingerprint density at radius 3 is 2.70 bits per heavy atom. The van der Waals surface area contributed by atoms with Gasteiger partial charge in [-0.3, -0.25) is 4.98 Å². The van der Waals surface area contributed by atoms with Crippen molar-refractivity contribution in [2.45, 2.75) is 17.5 Å². The maximum absolute atomic E-state index is 12.7. The minimum Gasteiger partial charge on any atom is -0.618 e. The van der Waals surface area contributed by atoms with Crippen LogP contribution in [0.3, 0.4) is 0 Å². The number of fused-ring (bicyclic) bond motifs is 1. The summed E-state index contributed by atoms with van der Waals surface area (Å²) in [5.41, 5.74) is 0.911. The van der Waals surface area contributed by atoms with E-state index >= 15 is 0 Å². The van der Waals surface area contributed by atoms with Gasteiger partial charge in [0.2, 0.25) is 11.5 Å². The molecule has 3 rings (SSSR count). The first-order valence-electron chi connectivity index (χ1n) is 7.59. The first-order valence-corrected chi connectivity index (χ1v) is 8.90. The number of aromatic nitrogens is 3. The Bertz CT molecular complexity index is 953. The SMILES string of the molecule is COc1cc[n+]([O-])c(C[S+]([O-])c2nc3cc(OC(F)F)ccc3[nH]2)c1OC. The highest BCUT2D eigenvalue weighted by Crippen LogP contribution is 2.30. The number of ether oxygens (including phenoxy) is 3. The molecule has 11 heteroatoms. The van der Waals surface area contributed by atoms with Crippen LogP contribution in [0.1, 0.15) is 5.69 Å². The van der Waals surface area contributed by atoms with Gasteiger partial charge in [0.05, 0.1) is 25.3 Å². The number of alkyl halides is 2. The van der Waals surface area contributed by atoms with Crippen molar-refractivity contribution >= 4 is 22.2 Å². The van der Waals surface area contributed by atoms with Crippen molar-refractivity contribution in [3.63, 3.8) is 0 Å². The number of methoxy groups -OCH3 is 2.